The van der Waals surface area contributed by atoms with Gasteiger partial charge in [0, 0.05) is 17.1 Å². The third-order valence-electron chi connectivity index (χ3n) is 4.59. The van der Waals surface area contributed by atoms with Crippen LogP contribution in [-0.4, -0.2) is 30.6 Å². The van der Waals surface area contributed by atoms with Crippen LogP contribution in [0, 0.1) is 19.8 Å². The van der Waals surface area contributed by atoms with E-state index >= 15 is 0 Å². The van der Waals surface area contributed by atoms with Gasteiger partial charge in [-0.3, -0.25) is 0 Å². The van der Waals surface area contributed by atoms with Gasteiger partial charge in [0.05, 0.1) is 5.69 Å². The Labute approximate surface area is 138 Å². The van der Waals surface area contributed by atoms with E-state index in [4.69, 9.17) is 0 Å². The first kappa shape index (κ1) is 16.8. The van der Waals surface area contributed by atoms with Gasteiger partial charge in [-0.15, -0.1) is 0 Å². The van der Waals surface area contributed by atoms with Crippen molar-refractivity contribution in [3.63, 3.8) is 0 Å². The van der Waals surface area contributed by atoms with Crippen molar-refractivity contribution in [2.45, 2.75) is 53.0 Å². The number of nitrogens with one attached hydrogen (secondary N) is 1. The summed E-state index contributed by atoms with van der Waals surface area (Å²) in [6, 6.07) is 4.97. The van der Waals surface area contributed by atoms with Crippen LogP contribution in [-0.2, 0) is 0 Å². The van der Waals surface area contributed by atoms with E-state index in [0.717, 1.165) is 5.92 Å². The Kier molecular flexibility index (Phi) is 6.12. The topological polar surface area (TPSA) is 15.3 Å². The molecule has 0 aliphatic carbocycles. The van der Waals surface area contributed by atoms with Gasteiger partial charge in [-0.2, -0.15) is 0 Å². The second-order valence-electron chi connectivity index (χ2n) is 6.57. The molecule has 0 bridgehead atoms. The summed E-state index contributed by atoms with van der Waals surface area (Å²) in [7, 11) is 0. The number of hydrogen-bond donors (Lipinski definition) is 1. The average molecular weight is 353 g/mol. The van der Waals surface area contributed by atoms with Crippen molar-refractivity contribution in [2.24, 2.45) is 5.92 Å². The quantitative estimate of drug-likeness (QED) is 0.802. The summed E-state index contributed by atoms with van der Waals surface area (Å²) in [6.07, 6.45) is 3.94. The molecule has 2 atom stereocenters. The van der Waals surface area contributed by atoms with Gasteiger partial charge in [-0.1, -0.05) is 13.0 Å². The zero-order valence-corrected chi connectivity index (χ0v) is 15.5. The fourth-order valence-corrected chi connectivity index (χ4v) is 4.25. The molecule has 1 aromatic rings. The van der Waals surface area contributed by atoms with Crippen molar-refractivity contribution in [2.75, 3.05) is 25.0 Å². The first-order valence-corrected chi connectivity index (χ1v) is 9.06. The molecule has 21 heavy (non-hydrogen) atoms. The lowest BCUT2D eigenvalue weighted by Crippen LogP contribution is -2.42. The van der Waals surface area contributed by atoms with Crippen molar-refractivity contribution in [1.82, 2.24) is 4.90 Å². The summed E-state index contributed by atoms with van der Waals surface area (Å²) in [5.74, 6) is 0.748. The Bertz CT molecular complexity index is 447. The number of piperidine rings is 1. The fraction of sp³-hybridized carbons (Fsp3) is 0.667. The lowest BCUT2D eigenvalue weighted by molar-refractivity contribution is 0.165. The molecule has 1 aliphatic rings. The average Bonchev–Trinajstić information content (AvgIpc) is 2.43. The number of halogens is 1. The Morgan fingerprint density at radius 3 is 2.81 bits per heavy atom. The standard InChI is InChI=1S/C18H29BrN2/c1-5-8-21-9-6-7-16(12-21)15(4)20-18-14(3)10-13(2)11-17(18)19/h10-11,15-16,20H,5-9,12H2,1-4H3. The maximum atomic E-state index is 3.76. The van der Waals surface area contributed by atoms with E-state index in [9.17, 15) is 0 Å². The van der Waals surface area contributed by atoms with Crippen LogP contribution in [0.2, 0.25) is 0 Å². The molecule has 1 aromatic carbocycles. The molecule has 0 radical (unpaired) electrons. The van der Waals surface area contributed by atoms with E-state index in [1.807, 2.05) is 0 Å². The Morgan fingerprint density at radius 2 is 2.14 bits per heavy atom. The van der Waals surface area contributed by atoms with Crippen LogP contribution < -0.4 is 5.32 Å². The number of benzene rings is 1. The molecule has 0 spiro atoms. The second-order valence-corrected chi connectivity index (χ2v) is 7.43. The number of anilines is 1. The summed E-state index contributed by atoms with van der Waals surface area (Å²) in [5.41, 5.74) is 3.90. The minimum absolute atomic E-state index is 0.516. The van der Waals surface area contributed by atoms with Gasteiger partial charge in [0.25, 0.3) is 0 Å². The van der Waals surface area contributed by atoms with Crippen molar-refractivity contribution < 1.29 is 0 Å². The van der Waals surface area contributed by atoms with Gasteiger partial charge in [-0.25, -0.2) is 0 Å². The molecule has 0 amide bonds. The SMILES string of the molecule is CCCN1CCCC(C(C)Nc2c(C)cc(C)cc2Br)C1. The second kappa shape index (κ2) is 7.64. The lowest BCUT2D eigenvalue weighted by atomic mass is 9.91. The van der Waals surface area contributed by atoms with E-state index in [-0.39, 0.29) is 0 Å². The number of aryl methyl sites for hydroxylation is 2. The molecular formula is C18H29BrN2. The minimum atomic E-state index is 0.516. The molecule has 0 aromatic heterocycles. The predicted molar refractivity (Wildman–Crippen MR) is 96.2 cm³/mol. The van der Waals surface area contributed by atoms with Crippen LogP contribution in [0.4, 0.5) is 5.69 Å². The highest BCUT2D eigenvalue weighted by Gasteiger charge is 2.24. The van der Waals surface area contributed by atoms with Crippen LogP contribution in [0.5, 0.6) is 0 Å². The van der Waals surface area contributed by atoms with E-state index in [0.29, 0.717) is 6.04 Å². The molecule has 2 nitrogen and oxygen atoms in total. The first-order valence-electron chi connectivity index (χ1n) is 8.27. The molecule has 1 fully saturated rings. The molecule has 2 rings (SSSR count). The van der Waals surface area contributed by atoms with Gasteiger partial charge < -0.3 is 10.2 Å². The lowest BCUT2D eigenvalue weighted by Gasteiger charge is -2.36. The van der Waals surface area contributed by atoms with Gasteiger partial charge in [0.2, 0.25) is 0 Å². The fourth-order valence-electron chi connectivity index (χ4n) is 3.46. The summed E-state index contributed by atoms with van der Waals surface area (Å²) < 4.78 is 1.19. The molecule has 118 valence electrons. The normalized spacial score (nSPS) is 21.3. The zero-order chi connectivity index (χ0) is 15.4. The Balaban J connectivity index is 2.02. The van der Waals surface area contributed by atoms with Gasteiger partial charge in [-0.05, 0) is 92.2 Å². The van der Waals surface area contributed by atoms with Crippen LogP contribution in [0.25, 0.3) is 0 Å². The largest absolute Gasteiger partial charge is 0.381 e. The molecular weight excluding hydrogens is 324 g/mol. The highest BCUT2D eigenvalue weighted by molar-refractivity contribution is 9.10. The number of hydrogen-bond acceptors (Lipinski definition) is 2. The summed E-state index contributed by atoms with van der Waals surface area (Å²) in [6.45, 7) is 12.7. The molecule has 1 aliphatic heterocycles. The maximum Gasteiger partial charge on any atom is 0.0516 e. The third-order valence-corrected chi connectivity index (χ3v) is 5.22. The van der Waals surface area contributed by atoms with E-state index in [1.54, 1.807) is 0 Å². The van der Waals surface area contributed by atoms with Crippen LogP contribution in [0.3, 0.4) is 0 Å². The maximum absolute atomic E-state index is 3.76. The Morgan fingerprint density at radius 1 is 1.38 bits per heavy atom. The smallest absolute Gasteiger partial charge is 0.0516 e. The molecule has 0 saturated carbocycles. The van der Waals surface area contributed by atoms with Crippen molar-refractivity contribution in [1.29, 1.82) is 0 Å². The van der Waals surface area contributed by atoms with E-state index in [2.05, 4.69) is 66.0 Å². The number of rotatable bonds is 5. The summed E-state index contributed by atoms with van der Waals surface area (Å²) >= 11 is 3.71. The van der Waals surface area contributed by atoms with Gasteiger partial charge in [0.15, 0.2) is 0 Å². The monoisotopic (exact) mass is 352 g/mol. The summed E-state index contributed by atoms with van der Waals surface area (Å²) in [5, 5.41) is 3.76. The predicted octanol–water partition coefficient (Wildman–Crippen LogP) is 4.99. The highest BCUT2D eigenvalue weighted by atomic mass is 79.9. The van der Waals surface area contributed by atoms with Crippen molar-refractivity contribution in [3.8, 4) is 0 Å². The van der Waals surface area contributed by atoms with E-state index in [1.165, 1.54) is 60.2 Å². The van der Waals surface area contributed by atoms with Crippen molar-refractivity contribution >= 4 is 21.6 Å². The Hall–Kier alpha value is -0.540. The van der Waals surface area contributed by atoms with Crippen molar-refractivity contribution in [3.05, 3.63) is 27.7 Å². The molecule has 3 heteroatoms. The number of nitrogens with zero attached hydrogens (tertiary/aromatic N) is 1. The van der Waals surface area contributed by atoms with Crippen LogP contribution in [0.1, 0.15) is 44.2 Å². The zero-order valence-electron chi connectivity index (χ0n) is 13.9. The molecule has 1 N–H and O–H groups in total. The highest BCUT2D eigenvalue weighted by Crippen LogP contribution is 2.30. The molecule has 2 unspecified atom stereocenters. The molecule has 1 saturated heterocycles. The number of likely N-dealkylation sites (tertiary alicyclic amines) is 1. The minimum Gasteiger partial charge on any atom is -0.381 e. The first-order chi connectivity index (χ1) is 10.0. The third kappa shape index (κ3) is 4.46. The van der Waals surface area contributed by atoms with Gasteiger partial charge in [0.1, 0.15) is 0 Å². The summed E-state index contributed by atoms with van der Waals surface area (Å²) in [4.78, 5) is 2.63. The van der Waals surface area contributed by atoms with Crippen LogP contribution >= 0.6 is 15.9 Å². The van der Waals surface area contributed by atoms with Crippen LogP contribution in [0.15, 0.2) is 16.6 Å². The van der Waals surface area contributed by atoms with E-state index < -0.39 is 0 Å². The van der Waals surface area contributed by atoms with Gasteiger partial charge >= 0.3 is 0 Å². The molecule has 1 heterocycles.